The minimum absolute atomic E-state index is 0.0250. The summed E-state index contributed by atoms with van der Waals surface area (Å²) >= 11 is 0. The number of amides is 1. The molecule has 1 saturated heterocycles. The summed E-state index contributed by atoms with van der Waals surface area (Å²) in [7, 11) is 0. The van der Waals surface area contributed by atoms with Crippen LogP contribution in [-0.2, 0) is 14.3 Å². The molecule has 6 nitrogen and oxygen atoms in total. The maximum atomic E-state index is 12.9. The third-order valence-electron chi connectivity index (χ3n) is 4.34. The number of hydrogen-bond acceptors (Lipinski definition) is 5. The second kappa shape index (κ2) is 5.79. The van der Waals surface area contributed by atoms with E-state index in [0.717, 1.165) is 4.90 Å². The van der Waals surface area contributed by atoms with Crippen LogP contribution in [0.1, 0.15) is 40.5 Å². The van der Waals surface area contributed by atoms with Gasteiger partial charge < -0.3 is 14.6 Å². The average molecular weight is 353 g/mol. The lowest BCUT2D eigenvalue weighted by atomic mass is 9.92. The molecule has 0 aromatic carbocycles. The number of carbonyl (C=O) groups is 2. The summed E-state index contributed by atoms with van der Waals surface area (Å²) in [5.41, 5.74) is -2.42. The van der Waals surface area contributed by atoms with E-state index in [1.54, 1.807) is 27.7 Å². The maximum absolute atomic E-state index is 12.9. The predicted octanol–water partition coefficient (Wildman–Crippen LogP) is 2.24. The van der Waals surface area contributed by atoms with Crippen molar-refractivity contribution in [2.24, 2.45) is 5.41 Å². The van der Waals surface area contributed by atoms with Crippen molar-refractivity contribution in [2.75, 3.05) is 6.61 Å². The lowest BCUT2D eigenvalue weighted by molar-refractivity contribution is -0.224. The number of piperidine rings is 1. The van der Waals surface area contributed by atoms with Gasteiger partial charge in [-0.15, -0.1) is 0 Å². The molecule has 1 aliphatic heterocycles. The molecule has 2 fully saturated rings. The quantitative estimate of drug-likeness (QED) is 0.788. The monoisotopic (exact) mass is 353 g/mol. The Morgan fingerprint density at radius 2 is 1.88 bits per heavy atom. The average Bonchev–Trinajstić information content (AvgIpc) is 3.01. The number of halogens is 3. The van der Waals surface area contributed by atoms with E-state index in [1.807, 2.05) is 0 Å². The van der Waals surface area contributed by atoms with E-state index < -0.39 is 47.4 Å². The smallest absolute Gasteiger partial charge is 0.414 e. The predicted molar refractivity (Wildman–Crippen MR) is 76.0 cm³/mol. The minimum Gasteiger partial charge on any atom is -0.464 e. The van der Waals surface area contributed by atoms with Gasteiger partial charge in [-0.1, -0.05) is 0 Å². The first-order chi connectivity index (χ1) is 10.8. The lowest BCUT2D eigenvalue weighted by Crippen LogP contribution is -2.46. The van der Waals surface area contributed by atoms with E-state index >= 15 is 0 Å². The molecule has 0 aromatic heterocycles. The van der Waals surface area contributed by atoms with Gasteiger partial charge >= 0.3 is 18.2 Å². The first-order valence-electron chi connectivity index (χ1n) is 7.76. The van der Waals surface area contributed by atoms with Gasteiger partial charge in [-0.05, 0) is 40.5 Å². The van der Waals surface area contributed by atoms with Crippen LogP contribution in [0.2, 0.25) is 0 Å². The number of nitrogens with zero attached hydrogens (tertiary/aromatic N) is 1. The van der Waals surface area contributed by atoms with Gasteiger partial charge in [0, 0.05) is 11.5 Å². The molecule has 0 unspecified atom stereocenters. The van der Waals surface area contributed by atoms with Gasteiger partial charge in [-0.25, -0.2) is 9.59 Å². The Bertz CT molecular complexity index is 530. The Labute approximate surface area is 137 Å². The van der Waals surface area contributed by atoms with Crippen molar-refractivity contribution in [3.8, 4) is 0 Å². The van der Waals surface area contributed by atoms with Crippen LogP contribution in [0.3, 0.4) is 0 Å². The highest BCUT2D eigenvalue weighted by Crippen LogP contribution is 2.64. The molecule has 2 aliphatic rings. The van der Waals surface area contributed by atoms with E-state index in [4.69, 9.17) is 9.47 Å². The molecule has 0 aromatic rings. The van der Waals surface area contributed by atoms with Gasteiger partial charge in [0.05, 0.1) is 6.61 Å². The fraction of sp³-hybridized carbons (Fsp3) is 0.867. The molecule has 0 radical (unpaired) electrons. The summed E-state index contributed by atoms with van der Waals surface area (Å²) in [6.45, 7) is 6.45. The van der Waals surface area contributed by atoms with Crippen LogP contribution in [0.5, 0.6) is 0 Å². The van der Waals surface area contributed by atoms with E-state index in [2.05, 4.69) is 0 Å². The highest BCUT2D eigenvalue weighted by molar-refractivity contribution is 5.83. The molecule has 1 heterocycles. The summed E-state index contributed by atoms with van der Waals surface area (Å²) in [4.78, 5) is 25.4. The first kappa shape index (κ1) is 18.8. The Hall–Kier alpha value is -1.51. The second-order valence-corrected chi connectivity index (χ2v) is 7.26. The van der Waals surface area contributed by atoms with Crippen LogP contribution in [0.15, 0.2) is 0 Å². The molecule has 9 heteroatoms. The van der Waals surface area contributed by atoms with E-state index in [9.17, 15) is 27.9 Å². The van der Waals surface area contributed by atoms with Gasteiger partial charge in [0.25, 0.3) is 0 Å². The fourth-order valence-electron chi connectivity index (χ4n) is 3.31. The van der Waals surface area contributed by atoms with Gasteiger partial charge in [0.1, 0.15) is 11.6 Å². The normalized spacial score (nSPS) is 30.6. The van der Waals surface area contributed by atoms with Crippen molar-refractivity contribution in [3.63, 3.8) is 0 Å². The number of likely N-dealkylation sites (tertiary alicyclic amines) is 1. The number of aliphatic hydroxyl groups is 1. The third kappa shape index (κ3) is 3.31. The number of esters is 1. The Balaban J connectivity index is 2.27. The standard InChI is InChI=1S/C15H22F3NO5/c1-5-23-10(20)8-6-14(11(21)15(16,17)18)7-9(14)19(8)12(22)24-13(2,3)4/h8-9,11,21H,5-7H2,1-4H3/t8-,9-,11+,14-/m0/s1. The summed E-state index contributed by atoms with van der Waals surface area (Å²) in [6, 6.07) is -2.08. The van der Waals surface area contributed by atoms with E-state index in [-0.39, 0.29) is 19.4 Å². The van der Waals surface area contributed by atoms with Crippen LogP contribution in [0, 0.1) is 5.41 Å². The fourth-order valence-corrected chi connectivity index (χ4v) is 3.31. The molecule has 1 saturated carbocycles. The molecule has 1 N–H and O–H groups in total. The maximum Gasteiger partial charge on any atom is 0.414 e. The van der Waals surface area contributed by atoms with Gasteiger partial charge in [-0.3, -0.25) is 4.90 Å². The number of aliphatic hydroxyl groups excluding tert-OH is 1. The van der Waals surface area contributed by atoms with Crippen molar-refractivity contribution in [3.05, 3.63) is 0 Å². The highest BCUT2D eigenvalue weighted by atomic mass is 19.4. The molecule has 2 rings (SSSR count). The zero-order chi connectivity index (χ0) is 18.5. The van der Waals surface area contributed by atoms with Gasteiger partial charge in [0.15, 0.2) is 6.10 Å². The molecule has 138 valence electrons. The third-order valence-corrected chi connectivity index (χ3v) is 4.34. The number of ether oxygens (including phenoxy) is 2. The van der Waals surface area contributed by atoms with Crippen LogP contribution < -0.4 is 0 Å². The van der Waals surface area contributed by atoms with Crippen molar-refractivity contribution >= 4 is 12.1 Å². The van der Waals surface area contributed by atoms with Crippen LogP contribution in [-0.4, -0.2) is 58.6 Å². The zero-order valence-corrected chi connectivity index (χ0v) is 14.0. The van der Waals surface area contributed by atoms with E-state index in [0.29, 0.717) is 0 Å². The molecular weight excluding hydrogens is 331 g/mol. The van der Waals surface area contributed by atoms with Crippen molar-refractivity contribution in [2.45, 2.75) is 70.5 Å². The molecule has 4 atom stereocenters. The first-order valence-corrected chi connectivity index (χ1v) is 7.76. The van der Waals surface area contributed by atoms with E-state index in [1.165, 1.54) is 0 Å². The topological polar surface area (TPSA) is 76.1 Å². The Morgan fingerprint density at radius 1 is 1.29 bits per heavy atom. The van der Waals surface area contributed by atoms with Crippen molar-refractivity contribution < 1.29 is 37.3 Å². The van der Waals surface area contributed by atoms with Crippen LogP contribution >= 0.6 is 0 Å². The molecule has 1 amide bonds. The Kier molecular flexibility index (Phi) is 4.54. The molecular formula is C15H22F3NO5. The zero-order valence-electron chi connectivity index (χ0n) is 14.0. The largest absolute Gasteiger partial charge is 0.464 e. The number of rotatable bonds is 3. The number of hydrogen-bond donors (Lipinski definition) is 1. The Morgan fingerprint density at radius 3 is 2.33 bits per heavy atom. The molecule has 0 spiro atoms. The summed E-state index contributed by atoms with van der Waals surface area (Å²) in [5, 5.41) is 9.69. The number of alkyl halides is 3. The SMILES string of the molecule is CCOC(=O)[C@@H]1C[C@]2([C@@H](O)C(F)(F)F)C[C@@H]2N1C(=O)OC(C)(C)C. The summed E-state index contributed by atoms with van der Waals surface area (Å²) in [6.07, 6.45) is -8.62. The number of fused-ring (bicyclic) bond motifs is 1. The van der Waals surface area contributed by atoms with Gasteiger partial charge in [0.2, 0.25) is 0 Å². The minimum atomic E-state index is -4.82. The van der Waals surface area contributed by atoms with Crippen molar-refractivity contribution in [1.29, 1.82) is 0 Å². The molecule has 1 aliphatic carbocycles. The second-order valence-electron chi connectivity index (χ2n) is 7.26. The number of carbonyl (C=O) groups excluding carboxylic acids is 2. The van der Waals surface area contributed by atoms with Crippen LogP contribution in [0.4, 0.5) is 18.0 Å². The van der Waals surface area contributed by atoms with Crippen molar-refractivity contribution in [1.82, 2.24) is 4.90 Å². The van der Waals surface area contributed by atoms with Crippen LogP contribution in [0.25, 0.3) is 0 Å². The molecule has 24 heavy (non-hydrogen) atoms. The van der Waals surface area contributed by atoms with Gasteiger partial charge in [-0.2, -0.15) is 13.2 Å². The highest BCUT2D eigenvalue weighted by Gasteiger charge is 2.75. The summed E-state index contributed by atoms with van der Waals surface area (Å²) < 4.78 is 48.9. The lowest BCUT2D eigenvalue weighted by Gasteiger charge is -2.29. The molecule has 0 bridgehead atoms. The summed E-state index contributed by atoms with van der Waals surface area (Å²) in [5.74, 6) is -0.788.